The Morgan fingerprint density at radius 2 is 2.19 bits per heavy atom. The minimum Gasteiger partial charge on any atom is -0.334 e. The summed E-state index contributed by atoms with van der Waals surface area (Å²) in [5.41, 5.74) is 2.02. The van der Waals surface area contributed by atoms with Crippen LogP contribution >= 0.6 is 27.5 Å². The zero-order chi connectivity index (χ0) is 11.7. The van der Waals surface area contributed by atoms with E-state index in [9.17, 15) is 0 Å². The third kappa shape index (κ3) is 2.28. The molecule has 0 saturated heterocycles. The van der Waals surface area contributed by atoms with Gasteiger partial charge in [-0.05, 0) is 37.6 Å². The first-order chi connectivity index (χ1) is 7.58. The summed E-state index contributed by atoms with van der Waals surface area (Å²) in [5, 5.41) is 3.57. The molecule has 16 heavy (non-hydrogen) atoms. The van der Waals surface area contributed by atoms with E-state index in [1.807, 2.05) is 32.0 Å². The van der Waals surface area contributed by atoms with E-state index in [1.54, 1.807) is 0 Å². The summed E-state index contributed by atoms with van der Waals surface area (Å²) in [6.07, 6.45) is 0. The number of benzene rings is 1. The Hall–Kier alpha value is -0.870. The van der Waals surface area contributed by atoms with Crippen LogP contribution in [0.3, 0.4) is 0 Å². The zero-order valence-corrected chi connectivity index (χ0v) is 11.2. The summed E-state index contributed by atoms with van der Waals surface area (Å²) >= 11 is 9.31. The molecule has 1 aromatic carbocycles. The number of aryl methyl sites for hydroxylation is 1. The van der Waals surface area contributed by atoms with Crippen molar-refractivity contribution in [1.29, 1.82) is 0 Å². The lowest BCUT2D eigenvalue weighted by Crippen LogP contribution is -1.87. The van der Waals surface area contributed by atoms with E-state index >= 15 is 0 Å². The largest absolute Gasteiger partial charge is 0.334 e. The Morgan fingerprint density at radius 1 is 1.44 bits per heavy atom. The van der Waals surface area contributed by atoms with Crippen molar-refractivity contribution in [1.82, 2.24) is 10.1 Å². The second-order valence-corrected chi connectivity index (χ2v) is 5.05. The molecule has 1 unspecified atom stereocenters. The van der Waals surface area contributed by atoms with Crippen molar-refractivity contribution < 1.29 is 4.52 Å². The minimum atomic E-state index is -0.242. The third-order valence-electron chi connectivity index (χ3n) is 2.20. The van der Waals surface area contributed by atoms with Crippen molar-refractivity contribution >= 4 is 27.5 Å². The highest BCUT2D eigenvalue weighted by Crippen LogP contribution is 2.25. The van der Waals surface area contributed by atoms with Crippen LogP contribution in [-0.4, -0.2) is 10.1 Å². The summed E-state index contributed by atoms with van der Waals surface area (Å²) in [5.74, 6) is 1.01. The highest BCUT2D eigenvalue weighted by Gasteiger charge is 2.12. The van der Waals surface area contributed by atoms with E-state index < -0.39 is 0 Å². The standard InChI is InChI=1S/C11H10BrClN2O/c1-6-5-8(3-4-9(6)12)11-14-10(7(2)13)15-16-11/h3-5,7H,1-2H3. The van der Waals surface area contributed by atoms with Crippen LogP contribution in [0.1, 0.15) is 23.7 Å². The second kappa shape index (κ2) is 4.55. The van der Waals surface area contributed by atoms with Crippen molar-refractivity contribution in [3.05, 3.63) is 34.1 Å². The number of rotatable bonds is 2. The SMILES string of the molecule is Cc1cc(-c2nc(C(C)Cl)no2)ccc1Br. The summed E-state index contributed by atoms with van der Waals surface area (Å²) in [7, 11) is 0. The molecule has 2 rings (SSSR count). The molecule has 1 heterocycles. The minimum absolute atomic E-state index is 0.242. The molecule has 1 aromatic heterocycles. The number of halogens is 2. The fourth-order valence-electron chi connectivity index (χ4n) is 1.29. The van der Waals surface area contributed by atoms with Crippen LogP contribution in [0.4, 0.5) is 0 Å². The van der Waals surface area contributed by atoms with Crippen LogP contribution < -0.4 is 0 Å². The third-order valence-corrected chi connectivity index (χ3v) is 3.29. The summed E-state index contributed by atoms with van der Waals surface area (Å²) < 4.78 is 6.20. The van der Waals surface area contributed by atoms with Gasteiger partial charge in [-0.3, -0.25) is 0 Å². The lowest BCUT2D eigenvalue weighted by molar-refractivity contribution is 0.422. The normalized spacial score (nSPS) is 12.8. The molecule has 0 amide bonds. The number of nitrogens with zero attached hydrogens (tertiary/aromatic N) is 2. The lowest BCUT2D eigenvalue weighted by atomic mass is 10.1. The van der Waals surface area contributed by atoms with Crippen LogP contribution in [0.15, 0.2) is 27.2 Å². The molecule has 84 valence electrons. The Balaban J connectivity index is 2.39. The fraction of sp³-hybridized carbons (Fsp3) is 0.273. The van der Waals surface area contributed by atoms with Gasteiger partial charge in [0.2, 0.25) is 0 Å². The average molecular weight is 302 g/mol. The van der Waals surface area contributed by atoms with Crippen LogP contribution in [0.5, 0.6) is 0 Å². The predicted octanol–water partition coefficient (Wildman–Crippen LogP) is 4.11. The van der Waals surface area contributed by atoms with Gasteiger partial charge in [0, 0.05) is 10.0 Å². The molecule has 0 bridgehead atoms. The van der Waals surface area contributed by atoms with Gasteiger partial charge in [-0.15, -0.1) is 11.6 Å². The Morgan fingerprint density at radius 3 is 2.75 bits per heavy atom. The lowest BCUT2D eigenvalue weighted by Gasteiger charge is -1.99. The van der Waals surface area contributed by atoms with Crippen molar-refractivity contribution in [2.75, 3.05) is 0 Å². The topological polar surface area (TPSA) is 38.9 Å². The Kier molecular flexibility index (Phi) is 3.30. The maximum Gasteiger partial charge on any atom is 0.257 e. The van der Waals surface area contributed by atoms with E-state index in [1.165, 1.54) is 0 Å². The number of hydrogen-bond donors (Lipinski definition) is 0. The summed E-state index contributed by atoms with van der Waals surface area (Å²) in [6, 6.07) is 5.87. The molecule has 0 aliphatic carbocycles. The van der Waals surface area contributed by atoms with Crippen LogP contribution in [-0.2, 0) is 0 Å². The second-order valence-electron chi connectivity index (χ2n) is 3.54. The van der Waals surface area contributed by atoms with Gasteiger partial charge in [0.1, 0.15) is 0 Å². The van der Waals surface area contributed by atoms with E-state index in [0.29, 0.717) is 11.7 Å². The molecule has 1 atom stereocenters. The van der Waals surface area contributed by atoms with Crippen molar-refractivity contribution in [2.24, 2.45) is 0 Å². The van der Waals surface area contributed by atoms with E-state index in [2.05, 4.69) is 26.1 Å². The zero-order valence-electron chi connectivity index (χ0n) is 8.87. The van der Waals surface area contributed by atoms with Crippen molar-refractivity contribution in [3.8, 4) is 11.5 Å². The van der Waals surface area contributed by atoms with Crippen LogP contribution in [0.2, 0.25) is 0 Å². The molecular formula is C11H10BrClN2O. The summed E-state index contributed by atoms with van der Waals surface area (Å²) in [4.78, 5) is 4.23. The smallest absolute Gasteiger partial charge is 0.257 e. The molecule has 0 radical (unpaired) electrons. The fourth-order valence-corrected chi connectivity index (χ4v) is 1.63. The van der Waals surface area contributed by atoms with Gasteiger partial charge in [-0.25, -0.2) is 0 Å². The van der Waals surface area contributed by atoms with Crippen molar-refractivity contribution in [3.63, 3.8) is 0 Å². The van der Waals surface area contributed by atoms with Gasteiger partial charge in [0.25, 0.3) is 5.89 Å². The maximum atomic E-state index is 5.87. The van der Waals surface area contributed by atoms with Crippen LogP contribution in [0, 0.1) is 6.92 Å². The number of alkyl halides is 1. The first-order valence-corrected chi connectivity index (χ1v) is 6.05. The summed E-state index contributed by atoms with van der Waals surface area (Å²) in [6.45, 7) is 3.82. The average Bonchev–Trinajstić information content (AvgIpc) is 2.71. The van der Waals surface area contributed by atoms with Gasteiger partial charge >= 0.3 is 0 Å². The molecule has 0 aliphatic rings. The number of aromatic nitrogens is 2. The van der Waals surface area contributed by atoms with Gasteiger partial charge in [-0.2, -0.15) is 4.98 Å². The highest BCUT2D eigenvalue weighted by molar-refractivity contribution is 9.10. The van der Waals surface area contributed by atoms with Crippen molar-refractivity contribution in [2.45, 2.75) is 19.2 Å². The molecule has 0 saturated carbocycles. The Labute approximate surface area is 107 Å². The number of hydrogen-bond acceptors (Lipinski definition) is 3. The van der Waals surface area contributed by atoms with E-state index in [4.69, 9.17) is 16.1 Å². The molecule has 3 nitrogen and oxygen atoms in total. The quantitative estimate of drug-likeness (QED) is 0.784. The van der Waals surface area contributed by atoms with E-state index in [-0.39, 0.29) is 5.38 Å². The molecule has 2 aromatic rings. The molecule has 0 spiro atoms. The Bertz CT molecular complexity index is 510. The van der Waals surface area contributed by atoms with Gasteiger partial charge in [0.15, 0.2) is 5.82 Å². The van der Waals surface area contributed by atoms with Gasteiger partial charge < -0.3 is 4.52 Å². The molecule has 0 N–H and O–H groups in total. The predicted molar refractivity (Wildman–Crippen MR) is 66.4 cm³/mol. The van der Waals surface area contributed by atoms with Gasteiger partial charge in [-0.1, -0.05) is 21.1 Å². The van der Waals surface area contributed by atoms with Gasteiger partial charge in [0.05, 0.1) is 5.38 Å². The first-order valence-electron chi connectivity index (χ1n) is 4.82. The molecule has 5 heteroatoms. The van der Waals surface area contributed by atoms with Crippen LogP contribution in [0.25, 0.3) is 11.5 Å². The molecule has 0 aliphatic heterocycles. The van der Waals surface area contributed by atoms with E-state index in [0.717, 1.165) is 15.6 Å². The molecule has 0 fully saturated rings. The first kappa shape index (κ1) is 11.6. The highest BCUT2D eigenvalue weighted by atomic mass is 79.9. The molecular weight excluding hydrogens is 291 g/mol. The monoisotopic (exact) mass is 300 g/mol. The maximum absolute atomic E-state index is 5.87.